The van der Waals surface area contributed by atoms with E-state index < -0.39 is 5.97 Å². The van der Waals surface area contributed by atoms with Gasteiger partial charge >= 0.3 is 5.97 Å². The summed E-state index contributed by atoms with van der Waals surface area (Å²) >= 11 is 1.48. The Bertz CT molecular complexity index is 585. The molecule has 0 saturated carbocycles. The van der Waals surface area contributed by atoms with Crippen molar-refractivity contribution in [3.63, 3.8) is 0 Å². The van der Waals surface area contributed by atoms with Crippen molar-refractivity contribution in [3.8, 4) is 12.3 Å². The van der Waals surface area contributed by atoms with Crippen LogP contribution in [0.1, 0.15) is 39.9 Å². The highest BCUT2D eigenvalue weighted by atomic mass is 32.1. The summed E-state index contributed by atoms with van der Waals surface area (Å²) in [6.45, 7) is 1.85. The number of thiophene rings is 1. The van der Waals surface area contributed by atoms with Gasteiger partial charge in [-0.3, -0.25) is 9.59 Å². The molecule has 1 aromatic rings. The van der Waals surface area contributed by atoms with Crippen molar-refractivity contribution >= 4 is 23.2 Å². The summed E-state index contributed by atoms with van der Waals surface area (Å²) in [4.78, 5) is 26.3. The molecule has 0 fully saturated rings. The average molecular weight is 305 g/mol. The summed E-state index contributed by atoms with van der Waals surface area (Å²) in [5.74, 6) is 1.71. The van der Waals surface area contributed by atoms with Crippen LogP contribution in [0.15, 0.2) is 6.07 Å². The lowest BCUT2D eigenvalue weighted by atomic mass is 9.87. The number of fused-ring (bicyclic) bond motifs is 1. The van der Waals surface area contributed by atoms with Gasteiger partial charge in [0.05, 0.1) is 11.4 Å². The monoisotopic (exact) mass is 305 g/mol. The molecule has 1 unspecified atom stereocenters. The molecule has 0 saturated heterocycles. The molecule has 1 amide bonds. The zero-order valence-corrected chi connectivity index (χ0v) is 12.9. The van der Waals surface area contributed by atoms with Gasteiger partial charge in [-0.15, -0.1) is 17.8 Å². The highest BCUT2D eigenvalue weighted by molar-refractivity contribution is 7.14. The normalized spacial score (nSPS) is 16.9. The third kappa shape index (κ3) is 3.64. The van der Waals surface area contributed by atoms with Crippen LogP contribution in [0.4, 0.5) is 0 Å². The number of carboxylic acid groups (broad SMARTS) is 1. The Morgan fingerprint density at radius 1 is 1.57 bits per heavy atom. The van der Waals surface area contributed by atoms with Crippen LogP contribution < -0.4 is 0 Å². The summed E-state index contributed by atoms with van der Waals surface area (Å²) in [6.07, 6.45) is 9.57. The van der Waals surface area contributed by atoms with E-state index in [0.717, 1.165) is 19.3 Å². The number of carbonyl (C=O) groups is 2. The van der Waals surface area contributed by atoms with Gasteiger partial charge in [-0.1, -0.05) is 19.3 Å². The second kappa shape index (κ2) is 6.77. The number of hydrogen-bond acceptors (Lipinski definition) is 3. The van der Waals surface area contributed by atoms with Gasteiger partial charge in [-0.2, -0.15) is 0 Å². The maximum atomic E-state index is 12.4. The third-order valence-corrected chi connectivity index (χ3v) is 5.09. The molecule has 2 rings (SSSR count). The lowest BCUT2D eigenvalue weighted by Gasteiger charge is -2.19. The number of hydrogen-bond donors (Lipinski definition) is 1. The lowest BCUT2D eigenvalue weighted by Crippen LogP contribution is -2.35. The number of terminal acetylenes is 1. The first kappa shape index (κ1) is 15.6. The Kier molecular flexibility index (Phi) is 5.03. The van der Waals surface area contributed by atoms with E-state index in [9.17, 15) is 9.59 Å². The molecule has 0 radical (unpaired) electrons. The van der Waals surface area contributed by atoms with Crippen LogP contribution in [0.25, 0.3) is 0 Å². The molecule has 0 aliphatic heterocycles. The molecular weight excluding hydrogens is 286 g/mol. The van der Waals surface area contributed by atoms with Crippen molar-refractivity contribution in [2.24, 2.45) is 5.92 Å². The van der Waals surface area contributed by atoms with Crippen LogP contribution in [0.2, 0.25) is 0 Å². The highest BCUT2D eigenvalue weighted by Gasteiger charge is 2.25. The maximum Gasteiger partial charge on any atom is 0.323 e. The van der Waals surface area contributed by atoms with E-state index in [2.05, 4.69) is 12.8 Å². The Hall–Kier alpha value is -1.80. The fraction of sp³-hybridized carbons (Fsp3) is 0.500. The molecule has 1 aliphatic rings. The summed E-state index contributed by atoms with van der Waals surface area (Å²) in [5, 5.41) is 8.88. The van der Waals surface area contributed by atoms with Crippen LogP contribution in [-0.4, -0.2) is 35.0 Å². The van der Waals surface area contributed by atoms with Crippen LogP contribution >= 0.6 is 11.3 Å². The first-order valence-corrected chi connectivity index (χ1v) is 7.92. The molecule has 1 heterocycles. The fourth-order valence-electron chi connectivity index (χ4n) is 2.68. The highest BCUT2D eigenvalue weighted by Crippen LogP contribution is 2.34. The number of amides is 1. The number of aliphatic carboxylic acids is 1. The van der Waals surface area contributed by atoms with E-state index in [4.69, 9.17) is 11.5 Å². The number of rotatable bonds is 5. The molecule has 0 bridgehead atoms. The van der Waals surface area contributed by atoms with E-state index >= 15 is 0 Å². The molecular formula is C16H19NO3S. The van der Waals surface area contributed by atoms with Crippen LogP contribution in [0.3, 0.4) is 0 Å². The quantitative estimate of drug-likeness (QED) is 0.850. The lowest BCUT2D eigenvalue weighted by molar-refractivity contribution is -0.137. The first-order valence-electron chi connectivity index (χ1n) is 7.11. The van der Waals surface area contributed by atoms with Crippen molar-refractivity contribution in [1.29, 1.82) is 0 Å². The maximum absolute atomic E-state index is 12.4. The molecule has 1 atom stereocenters. The van der Waals surface area contributed by atoms with Gasteiger partial charge in [-0.05, 0) is 36.8 Å². The SMILES string of the molecule is C#CCN(CC(=O)O)C(=O)c1cc2c(s1)CCC(CC)C2. The minimum absolute atomic E-state index is 0.0191. The molecule has 112 valence electrons. The van der Waals surface area contributed by atoms with E-state index in [1.54, 1.807) is 0 Å². The van der Waals surface area contributed by atoms with Crippen molar-refractivity contribution < 1.29 is 14.7 Å². The summed E-state index contributed by atoms with van der Waals surface area (Å²) < 4.78 is 0. The van der Waals surface area contributed by atoms with Crippen molar-refractivity contribution in [3.05, 3.63) is 21.4 Å². The zero-order valence-electron chi connectivity index (χ0n) is 12.1. The molecule has 21 heavy (non-hydrogen) atoms. The fourth-order valence-corrected chi connectivity index (χ4v) is 3.86. The molecule has 1 aromatic heterocycles. The summed E-state index contributed by atoms with van der Waals surface area (Å²) in [5.41, 5.74) is 1.25. The number of carboxylic acids is 1. The van der Waals surface area contributed by atoms with Gasteiger partial charge in [-0.25, -0.2) is 0 Å². The zero-order chi connectivity index (χ0) is 15.4. The van der Waals surface area contributed by atoms with Gasteiger partial charge in [0.25, 0.3) is 5.91 Å². The molecule has 0 spiro atoms. The van der Waals surface area contributed by atoms with Crippen molar-refractivity contribution in [2.45, 2.75) is 32.6 Å². The molecule has 1 aliphatic carbocycles. The molecule has 4 nitrogen and oxygen atoms in total. The van der Waals surface area contributed by atoms with Crippen molar-refractivity contribution in [2.75, 3.05) is 13.1 Å². The summed E-state index contributed by atoms with van der Waals surface area (Å²) in [6, 6.07) is 1.93. The summed E-state index contributed by atoms with van der Waals surface area (Å²) in [7, 11) is 0. The Labute approximate surface area is 128 Å². The van der Waals surface area contributed by atoms with E-state index in [1.165, 1.54) is 33.1 Å². The van der Waals surface area contributed by atoms with E-state index in [1.807, 2.05) is 6.07 Å². The van der Waals surface area contributed by atoms with Gasteiger partial charge in [0.2, 0.25) is 0 Å². The predicted molar refractivity (Wildman–Crippen MR) is 82.5 cm³/mol. The Balaban J connectivity index is 2.18. The topological polar surface area (TPSA) is 57.6 Å². The number of aryl methyl sites for hydroxylation is 1. The smallest absolute Gasteiger partial charge is 0.323 e. The minimum atomic E-state index is -1.05. The Morgan fingerprint density at radius 2 is 2.33 bits per heavy atom. The number of nitrogens with zero attached hydrogens (tertiary/aromatic N) is 1. The average Bonchev–Trinajstić information content (AvgIpc) is 2.88. The number of carbonyl (C=O) groups excluding carboxylic acids is 1. The third-order valence-electron chi connectivity index (χ3n) is 3.87. The van der Waals surface area contributed by atoms with Crippen LogP contribution in [0.5, 0.6) is 0 Å². The van der Waals surface area contributed by atoms with E-state index in [0.29, 0.717) is 10.8 Å². The molecule has 5 heteroatoms. The Morgan fingerprint density at radius 3 is 2.95 bits per heavy atom. The van der Waals surface area contributed by atoms with Gasteiger partial charge in [0.15, 0.2) is 0 Å². The van der Waals surface area contributed by atoms with Gasteiger partial charge in [0, 0.05) is 4.88 Å². The molecule has 1 N–H and O–H groups in total. The predicted octanol–water partition coefficient (Wildman–Crippen LogP) is 2.42. The van der Waals surface area contributed by atoms with Crippen LogP contribution in [0, 0.1) is 18.3 Å². The second-order valence-electron chi connectivity index (χ2n) is 5.34. The molecule has 0 aromatic carbocycles. The largest absolute Gasteiger partial charge is 0.480 e. The second-order valence-corrected chi connectivity index (χ2v) is 6.47. The minimum Gasteiger partial charge on any atom is -0.480 e. The van der Waals surface area contributed by atoms with Crippen molar-refractivity contribution in [1.82, 2.24) is 4.90 Å². The first-order chi connectivity index (χ1) is 10.0. The van der Waals surface area contributed by atoms with Gasteiger partial charge < -0.3 is 10.0 Å². The standard InChI is InChI=1S/C16H19NO3S/c1-3-7-17(10-15(18)19)16(20)14-9-12-8-11(4-2)5-6-13(12)21-14/h1,9,11H,4-8,10H2,2H3,(H,18,19). The van der Waals surface area contributed by atoms with E-state index in [-0.39, 0.29) is 19.0 Å². The van der Waals surface area contributed by atoms with Crippen LogP contribution in [-0.2, 0) is 17.6 Å². The van der Waals surface area contributed by atoms with Gasteiger partial charge in [0.1, 0.15) is 6.54 Å².